The average molecular weight is 923 g/mol. The number of carboxylic acids is 1. The number of fused-ring (bicyclic) bond motifs is 2. The molecular formula is C45H60N3NaO12Zn. The number of benzene rings is 1. The summed E-state index contributed by atoms with van der Waals surface area (Å²) in [6, 6.07) is 9.35. The van der Waals surface area contributed by atoms with Gasteiger partial charge in [-0.05, 0) is 69.6 Å². The number of aromatic amines is 2. The normalized spacial score (nSPS) is 15.7. The van der Waals surface area contributed by atoms with Crippen LogP contribution in [0.25, 0.3) is 0 Å². The van der Waals surface area contributed by atoms with E-state index in [-0.39, 0.29) is 114 Å². The van der Waals surface area contributed by atoms with Gasteiger partial charge in [0.1, 0.15) is 30.4 Å². The van der Waals surface area contributed by atoms with Gasteiger partial charge in [0.2, 0.25) is 0 Å². The van der Waals surface area contributed by atoms with Crippen molar-refractivity contribution >= 4 is 46.6 Å². The first-order valence-corrected chi connectivity index (χ1v) is 19.6. The van der Waals surface area contributed by atoms with E-state index >= 15 is 0 Å². The summed E-state index contributed by atoms with van der Waals surface area (Å²) in [6.45, 7) is 19.9. The van der Waals surface area contributed by atoms with Crippen LogP contribution in [0.4, 0.5) is 0 Å². The van der Waals surface area contributed by atoms with Crippen molar-refractivity contribution in [2.24, 2.45) is 21.6 Å². The molecule has 1 aromatic carbocycles. The Morgan fingerprint density at radius 3 is 1.71 bits per heavy atom. The Kier molecular flexibility index (Phi) is 26.1. The first-order chi connectivity index (χ1) is 27.7. The number of aryl methyl sites for hydroxylation is 3. The molecule has 6 rings (SSSR count). The number of aliphatic carboxylic acids is 1. The van der Waals surface area contributed by atoms with E-state index in [0.29, 0.717) is 17.9 Å². The van der Waals surface area contributed by atoms with Crippen LogP contribution in [-0.4, -0.2) is 61.7 Å². The number of H-pyrrole nitrogens is 2. The second kappa shape index (κ2) is 27.1. The molecule has 15 nitrogen and oxygen atoms in total. The molecule has 0 spiro atoms. The quantitative estimate of drug-likeness (QED) is 0.0712. The number of esters is 1. The molecule has 1 fully saturated rings. The topological polar surface area (TPSA) is 250 Å². The maximum absolute atomic E-state index is 12.3. The third kappa shape index (κ3) is 19.0. The third-order valence-corrected chi connectivity index (χ3v) is 10.3. The van der Waals surface area contributed by atoms with E-state index in [4.69, 9.17) is 24.8 Å². The summed E-state index contributed by atoms with van der Waals surface area (Å²) in [7, 11) is 0. The Hall–Kier alpha value is -4.24. The van der Waals surface area contributed by atoms with E-state index in [1.807, 2.05) is 91.9 Å². The molecule has 3 aliphatic rings. The van der Waals surface area contributed by atoms with Crippen molar-refractivity contribution in [1.82, 2.24) is 9.97 Å². The summed E-state index contributed by atoms with van der Waals surface area (Å²) in [5.41, 5.74) is 6.47. The van der Waals surface area contributed by atoms with Crippen molar-refractivity contribution in [3.63, 3.8) is 0 Å². The molecule has 1 saturated carbocycles. The predicted molar refractivity (Wildman–Crippen MR) is 226 cm³/mol. The number of ketones is 6. The Labute approximate surface area is 398 Å². The van der Waals surface area contributed by atoms with Gasteiger partial charge in [-0.25, -0.2) is 0 Å². The van der Waals surface area contributed by atoms with Crippen molar-refractivity contribution in [2.45, 2.75) is 134 Å². The zero-order valence-corrected chi connectivity index (χ0v) is 43.4. The molecular weight excluding hydrogens is 863 g/mol. The van der Waals surface area contributed by atoms with Crippen molar-refractivity contribution in [3.8, 4) is 0 Å². The number of rotatable bonds is 5. The summed E-state index contributed by atoms with van der Waals surface area (Å²) in [5, 5.41) is 16.4. The van der Waals surface area contributed by atoms with Gasteiger partial charge in [0.05, 0.1) is 12.1 Å². The molecule has 0 atom stereocenters. The number of nitrogens with one attached hydrogen (secondary N) is 2. The molecule has 0 unspecified atom stereocenters. The standard InChI is InChI=1S/C13H17NO2.C11H15NO.C11H12O3.C8H12O2.C2H4O2.HNO2.Na.Zn/c1-7-10-9(14-11(7)8(2)15)5-6-13(3,4)12(10)16;1-7-6-12-8-4-5-11(2,3)10(13)9(7)8;1-9(12)7-11(13)14-8-10-5-3-2-4-6-10;1-8(2)4-3-6(9)5-7(8)10;1-2(3)4;2-1-3;;/h14H,5-6H2,1-4H3;6,12H,4-5H2,1-3H3;2-6H,7-8H2,1H3;3-5H2,1-2H3;1H3,(H,3,4);(H,2,3);;/q;;;;;;+1;/p-1. The Bertz CT molecular complexity index is 2040. The number of carbonyl (C=O) groups excluding carboxylic acids is 7. The first kappa shape index (κ1) is 59.9. The molecule has 3 aliphatic carbocycles. The fourth-order valence-corrected chi connectivity index (χ4v) is 6.47. The molecule has 17 heteroatoms. The van der Waals surface area contributed by atoms with Gasteiger partial charge in [-0.15, -0.1) is 5.34 Å². The molecule has 2 heterocycles. The maximum Gasteiger partial charge on any atom is 1.00 e. The van der Waals surface area contributed by atoms with Crippen LogP contribution in [0, 0.1) is 40.2 Å². The SMILES string of the molecule is CC(=O)CC(=O)OCc1ccccc1.CC(=O)O.CC(=O)c1[nH]c2c(c1C)C(=O)C(C)(C)CC2.CC1(C)CCC(=O)CC1=O.Cc1c[nH]c2c1C(=O)C(C)(C)CC2.O=N[O-].[Na+].[Zn]. The molecule has 0 bridgehead atoms. The Morgan fingerprint density at radius 2 is 1.26 bits per heavy atom. The van der Waals surface area contributed by atoms with Crippen LogP contribution in [-0.2, 0) is 67.6 Å². The molecule has 3 aromatic rings. The van der Waals surface area contributed by atoms with Gasteiger partial charge in [0.25, 0.3) is 5.97 Å². The monoisotopic (exact) mass is 921 g/mol. The van der Waals surface area contributed by atoms with E-state index in [2.05, 4.69) is 9.97 Å². The molecule has 62 heavy (non-hydrogen) atoms. The van der Waals surface area contributed by atoms with Crippen molar-refractivity contribution in [1.29, 1.82) is 0 Å². The number of carboxylic acid groups (broad SMARTS) is 1. The predicted octanol–water partition coefficient (Wildman–Crippen LogP) is 5.55. The average Bonchev–Trinajstić information content (AvgIpc) is 3.70. The second-order valence-corrected chi connectivity index (χ2v) is 16.9. The van der Waals surface area contributed by atoms with Gasteiger partial charge >= 0.3 is 35.5 Å². The number of ether oxygens (including phenoxy) is 1. The zero-order chi connectivity index (χ0) is 46.2. The number of hydrogen-bond acceptors (Lipinski definition) is 12. The van der Waals surface area contributed by atoms with Crippen LogP contribution in [0.5, 0.6) is 0 Å². The molecule has 0 aliphatic heterocycles. The number of carbonyl (C=O) groups is 8. The largest absolute Gasteiger partial charge is 1.00 e. The Balaban J connectivity index is 0. The van der Waals surface area contributed by atoms with E-state index in [9.17, 15) is 33.6 Å². The summed E-state index contributed by atoms with van der Waals surface area (Å²) in [5.74, 6) is -0.822. The number of hydrogen-bond donors (Lipinski definition) is 3. The van der Waals surface area contributed by atoms with Crippen LogP contribution >= 0.6 is 0 Å². The number of nitrogens with zero attached hydrogens (tertiary/aromatic N) is 1. The minimum Gasteiger partial charge on any atom is -0.481 e. The fourth-order valence-electron chi connectivity index (χ4n) is 6.47. The van der Waals surface area contributed by atoms with Crippen LogP contribution in [0.2, 0.25) is 0 Å². The summed E-state index contributed by atoms with van der Waals surface area (Å²) in [4.78, 5) is 102. The van der Waals surface area contributed by atoms with E-state index in [1.165, 1.54) is 13.8 Å². The minimum atomic E-state index is -0.833. The molecule has 0 amide bonds. The van der Waals surface area contributed by atoms with Crippen molar-refractivity contribution in [3.05, 3.63) is 91.5 Å². The number of aromatic nitrogens is 2. The molecule has 0 saturated heterocycles. The first-order valence-electron chi connectivity index (χ1n) is 19.6. The van der Waals surface area contributed by atoms with Crippen LogP contribution in [0.3, 0.4) is 0 Å². The summed E-state index contributed by atoms with van der Waals surface area (Å²) in [6.07, 6.45) is 6.91. The Morgan fingerprint density at radius 1 is 0.790 bits per heavy atom. The minimum absolute atomic E-state index is 0. The maximum atomic E-state index is 12.3. The molecule has 2 aromatic heterocycles. The summed E-state index contributed by atoms with van der Waals surface area (Å²) >= 11 is 0. The second-order valence-electron chi connectivity index (χ2n) is 16.9. The van der Waals surface area contributed by atoms with Gasteiger partial charge in [0.15, 0.2) is 17.3 Å². The fraction of sp³-hybridized carbons (Fsp3) is 0.511. The van der Waals surface area contributed by atoms with Gasteiger partial charge in [0, 0.05) is 84.7 Å². The van der Waals surface area contributed by atoms with Crippen molar-refractivity contribution in [2.75, 3.05) is 0 Å². The van der Waals surface area contributed by atoms with Gasteiger partial charge in [-0.1, -0.05) is 71.9 Å². The smallest absolute Gasteiger partial charge is 0.481 e. The van der Waals surface area contributed by atoms with Crippen molar-refractivity contribution < 1.29 is 97.2 Å². The van der Waals surface area contributed by atoms with Crippen LogP contribution in [0.1, 0.15) is 160 Å². The molecule has 0 radical (unpaired) electrons. The van der Waals surface area contributed by atoms with Gasteiger partial charge in [-0.3, -0.25) is 38.4 Å². The van der Waals surface area contributed by atoms with E-state index in [0.717, 1.165) is 83.6 Å². The van der Waals surface area contributed by atoms with Crippen LogP contribution in [0.15, 0.2) is 41.9 Å². The summed E-state index contributed by atoms with van der Waals surface area (Å²) < 4.78 is 4.88. The molecule has 330 valence electrons. The number of Topliss-reactive ketones (excluding diaryl/α,β-unsaturated/α-hetero) is 6. The van der Waals surface area contributed by atoms with E-state index < -0.39 is 11.9 Å². The van der Waals surface area contributed by atoms with Gasteiger partial charge < -0.3 is 29.9 Å². The molecule has 3 N–H and O–H groups in total. The van der Waals surface area contributed by atoms with Gasteiger partial charge in [-0.2, -0.15) is 0 Å². The van der Waals surface area contributed by atoms with Crippen LogP contribution < -0.4 is 29.6 Å². The van der Waals surface area contributed by atoms with E-state index in [1.54, 1.807) is 0 Å². The third-order valence-electron chi connectivity index (χ3n) is 10.3. The zero-order valence-electron chi connectivity index (χ0n) is 38.4.